The van der Waals surface area contributed by atoms with Crippen molar-refractivity contribution in [3.8, 4) is 0 Å². The van der Waals surface area contributed by atoms with E-state index in [9.17, 15) is 0 Å². The number of nitrogens with zero attached hydrogens (tertiary/aromatic N) is 1. The number of hydrogen-bond acceptors (Lipinski definition) is 0. The summed E-state index contributed by atoms with van der Waals surface area (Å²) in [5, 5.41) is 0. The third-order valence-corrected chi connectivity index (χ3v) is 3.03. The first-order valence-corrected chi connectivity index (χ1v) is 5.41. The standard InChI is InChI=1S/C12H22N.ClH/c1-4-5-6-7-10-13(3)11-8-9-12(13)2;/h8-9,11H,4-7,10H2,1-3H3;1H/q+1;/p-1. The Hall–Kier alpha value is -0.270. The second-order valence-corrected chi connectivity index (χ2v) is 4.20. The summed E-state index contributed by atoms with van der Waals surface area (Å²) < 4.78 is 1.03. The maximum absolute atomic E-state index is 2.29. The second-order valence-electron chi connectivity index (χ2n) is 4.20. The molecular weight excluding hydrogens is 194 g/mol. The molecule has 0 fully saturated rings. The summed E-state index contributed by atoms with van der Waals surface area (Å²) in [7, 11) is 2.29. The van der Waals surface area contributed by atoms with Crippen molar-refractivity contribution < 1.29 is 16.9 Å². The lowest BCUT2D eigenvalue weighted by molar-refractivity contribution is -0.818. The third-order valence-electron chi connectivity index (χ3n) is 3.03. The van der Waals surface area contributed by atoms with Gasteiger partial charge in [-0.1, -0.05) is 19.8 Å². The number of hydrogen-bond donors (Lipinski definition) is 0. The lowest BCUT2D eigenvalue weighted by Crippen LogP contribution is -3.00. The van der Waals surface area contributed by atoms with E-state index in [0.29, 0.717) is 0 Å². The van der Waals surface area contributed by atoms with E-state index in [-0.39, 0.29) is 12.4 Å². The Kier molecular flexibility index (Phi) is 6.14. The first-order chi connectivity index (χ1) is 6.19. The van der Waals surface area contributed by atoms with Crippen molar-refractivity contribution in [1.82, 2.24) is 0 Å². The number of quaternary nitrogens is 1. The molecule has 0 aromatic carbocycles. The molecule has 14 heavy (non-hydrogen) atoms. The summed E-state index contributed by atoms with van der Waals surface area (Å²) >= 11 is 0. The third kappa shape index (κ3) is 3.47. The molecule has 1 heterocycles. The van der Waals surface area contributed by atoms with Crippen LogP contribution in [0.15, 0.2) is 24.0 Å². The van der Waals surface area contributed by atoms with Gasteiger partial charge in [-0.05, 0) is 25.0 Å². The van der Waals surface area contributed by atoms with E-state index in [1.165, 1.54) is 37.9 Å². The molecule has 0 aliphatic carbocycles. The van der Waals surface area contributed by atoms with Crippen LogP contribution in [0.3, 0.4) is 0 Å². The molecule has 0 N–H and O–H groups in total. The van der Waals surface area contributed by atoms with Crippen LogP contribution in [-0.4, -0.2) is 18.1 Å². The van der Waals surface area contributed by atoms with Gasteiger partial charge in [0.25, 0.3) is 0 Å². The normalized spacial score (nSPS) is 24.6. The summed E-state index contributed by atoms with van der Waals surface area (Å²) in [6, 6.07) is 0. The van der Waals surface area contributed by atoms with Crippen molar-refractivity contribution in [2.24, 2.45) is 0 Å². The molecule has 2 heteroatoms. The van der Waals surface area contributed by atoms with Crippen molar-refractivity contribution in [3.63, 3.8) is 0 Å². The quantitative estimate of drug-likeness (QED) is 0.462. The molecule has 1 atom stereocenters. The van der Waals surface area contributed by atoms with Gasteiger partial charge in [-0.3, -0.25) is 4.48 Å². The Labute approximate surface area is 94.5 Å². The molecule has 82 valence electrons. The molecule has 0 spiro atoms. The predicted octanol–water partition coefficient (Wildman–Crippen LogP) is 0.448. The lowest BCUT2D eigenvalue weighted by Gasteiger charge is -2.27. The van der Waals surface area contributed by atoms with Crippen molar-refractivity contribution in [2.45, 2.75) is 39.5 Å². The van der Waals surface area contributed by atoms with Crippen LogP contribution in [0, 0.1) is 0 Å². The molecule has 0 amide bonds. The molecule has 1 nitrogen and oxygen atoms in total. The number of rotatable bonds is 5. The summed E-state index contributed by atoms with van der Waals surface area (Å²) in [5.74, 6) is 0. The van der Waals surface area contributed by atoms with Crippen LogP contribution >= 0.6 is 0 Å². The van der Waals surface area contributed by atoms with Crippen LogP contribution in [0.2, 0.25) is 0 Å². The first-order valence-electron chi connectivity index (χ1n) is 5.41. The fraction of sp³-hybridized carbons (Fsp3) is 0.667. The molecule has 0 aromatic heterocycles. The molecule has 1 unspecified atom stereocenters. The maximum atomic E-state index is 2.29. The number of allylic oxidation sites excluding steroid dienone is 3. The average molecular weight is 216 g/mol. The minimum Gasteiger partial charge on any atom is -1.00 e. The van der Waals surface area contributed by atoms with Gasteiger partial charge in [-0.2, -0.15) is 0 Å². The zero-order valence-corrected chi connectivity index (χ0v) is 10.3. The topological polar surface area (TPSA) is 0 Å². The molecule has 0 bridgehead atoms. The van der Waals surface area contributed by atoms with E-state index < -0.39 is 0 Å². The van der Waals surface area contributed by atoms with E-state index in [4.69, 9.17) is 0 Å². The van der Waals surface area contributed by atoms with Gasteiger partial charge in [-0.15, -0.1) is 0 Å². The molecule has 1 aliphatic heterocycles. The number of unbranched alkanes of at least 4 members (excludes halogenated alkanes) is 3. The Morgan fingerprint density at radius 2 is 1.93 bits per heavy atom. The number of halogens is 1. The van der Waals surface area contributed by atoms with Gasteiger partial charge in [0.1, 0.15) is 11.9 Å². The van der Waals surface area contributed by atoms with Gasteiger partial charge in [-0.25, -0.2) is 0 Å². The van der Waals surface area contributed by atoms with Crippen LogP contribution in [-0.2, 0) is 0 Å². The summed E-state index contributed by atoms with van der Waals surface area (Å²) in [6.45, 7) is 5.75. The fourth-order valence-electron chi connectivity index (χ4n) is 1.78. The van der Waals surface area contributed by atoms with Gasteiger partial charge in [0, 0.05) is 6.92 Å². The predicted molar refractivity (Wildman–Crippen MR) is 58.1 cm³/mol. The van der Waals surface area contributed by atoms with E-state index in [1.807, 2.05) is 0 Å². The van der Waals surface area contributed by atoms with Gasteiger partial charge in [0.05, 0.1) is 13.6 Å². The smallest absolute Gasteiger partial charge is 0.110 e. The Morgan fingerprint density at radius 1 is 1.21 bits per heavy atom. The molecule has 1 rings (SSSR count). The van der Waals surface area contributed by atoms with Gasteiger partial charge < -0.3 is 12.4 Å². The monoisotopic (exact) mass is 215 g/mol. The van der Waals surface area contributed by atoms with Crippen LogP contribution < -0.4 is 12.4 Å². The van der Waals surface area contributed by atoms with E-state index in [0.717, 1.165) is 4.48 Å². The van der Waals surface area contributed by atoms with Crippen LogP contribution in [0.1, 0.15) is 39.5 Å². The van der Waals surface area contributed by atoms with E-state index >= 15 is 0 Å². The highest BCUT2D eigenvalue weighted by atomic mass is 35.5. The largest absolute Gasteiger partial charge is 1.00 e. The summed E-state index contributed by atoms with van der Waals surface area (Å²) in [4.78, 5) is 0. The zero-order chi connectivity index (χ0) is 9.73. The highest BCUT2D eigenvalue weighted by Gasteiger charge is 2.23. The van der Waals surface area contributed by atoms with E-state index in [1.54, 1.807) is 0 Å². The second kappa shape index (κ2) is 6.26. The Balaban J connectivity index is 0.00000169. The maximum Gasteiger partial charge on any atom is 0.110 e. The van der Waals surface area contributed by atoms with Crippen LogP contribution in [0.25, 0.3) is 0 Å². The molecule has 0 radical (unpaired) electrons. The SMILES string of the molecule is CCCCCC[N+]1(C)C=CC=C1C.[Cl-]. The van der Waals surface area contributed by atoms with Gasteiger partial charge >= 0.3 is 0 Å². The lowest BCUT2D eigenvalue weighted by atomic mass is 10.2. The fourth-order valence-corrected chi connectivity index (χ4v) is 1.78. The average Bonchev–Trinajstić information content (AvgIpc) is 2.42. The summed E-state index contributed by atoms with van der Waals surface area (Å²) in [5.41, 5.74) is 1.47. The molecular formula is C12H22ClN. The molecule has 0 aromatic rings. The molecule has 1 aliphatic rings. The van der Waals surface area contributed by atoms with Crippen LogP contribution in [0.5, 0.6) is 0 Å². The van der Waals surface area contributed by atoms with Crippen molar-refractivity contribution in [2.75, 3.05) is 13.6 Å². The van der Waals surface area contributed by atoms with E-state index in [2.05, 4.69) is 39.2 Å². The molecule has 0 saturated heterocycles. The Morgan fingerprint density at radius 3 is 2.43 bits per heavy atom. The van der Waals surface area contributed by atoms with Gasteiger partial charge in [0.15, 0.2) is 0 Å². The minimum atomic E-state index is 0. The van der Waals surface area contributed by atoms with Crippen LogP contribution in [0.4, 0.5) is 0 Å². The highest BCUT2D eigenvalue weighted by Crippen LogP contribution is 2.22. The van der Waals surface area contributed by atoms with Gasteiger partial charge in [0.2, 0.25) is 0 Å². The highest BCUT2D eigenvalue weighted by molar-refractivity contribution is 5.10. The minimum absolute atomic E-state index is 0. The zero-order valence-electron chi connectivity index (χ0n) is 9.59. The van der Waals surface area contributed by atoms with Crippen molar-refractivity contribution in [1.29, 1.82) is 0 Å². The summed E-state index contributed by atoms with van der Waals surface area (Å²) in [6.07, 6.45) is 12.1. The first kappa shape index (κ1) is 13.7. The van der Waals surface area contributed by atoms with Crippen molar-refractivity contribution in [3.05, 3.63) is 24.0 Å². The van der Waals surface area contributed by atoms with Crippen molar-refractivity contribution >= 4 is 0 Å². The Bertz CT molecular complexity index is 220. The molecule has 0 saturated carbocycles.